The summed E-state index contributed by atoms with van der Waals surface area (Å²) in [6.07, 6.45) is 6.97. The van der Waals surface area contributed by atoms with Crippen molar-refractivity contribution in [3.8, 4) is 0 Å². The summed E-state index contributed by atoms with van der Waals surface area (Å²) in [5, 5.41) is 1.01. The van der Waals surface area contributed by atoms with Crippen LogP contribution in [0.15, 0.2) is 18.5 Å². The lowest BCUT2D eigenvalue weighted by atomic mass is 9.95. The highest BCUT2D eigenvalue weighted by molar-refractivity contribution is 5.87. The molecule has 2 fully saturated rings. The van der Waals surface area contributed by atoms with Gasteiger partial charge in [0.05, 0.1) is 5.39 Å². The fourth-order valence-corrected chi connectivity index (χ4v) is 3.17. The van der Waals surface area contributed by atoms with Gasteiger partial charge in [0.1, 0.15) is 18.0 Å². The number of nitrogens with zero attached hydrogens (tertiary/aromatic N) is 4. The third-order valence-corrected chi connectivity index (χ3v) is 4.42. The van der Waals surface area contributed by atoms with Crippen molar-refractivity contribution in [2.75, 3.05) is 23.7 Å². The second-order valence-electron chi connectivity index (χ2n) is 5.83. The van der Waals surface area contributed by atoms with Crippen LogP contribution < -0.4 is 10.6 Å². The van der Waals surface area contributed by atoms with Gasteiger partial charge >= 0.3 is 0 Å². The molecule has 0 unspecified atom stereocenters. The van der Waals surface area contributed by atoms with Gasteiger partial charge in [-0.1, -0.05) is 0 Å². The summed E-state index contributed by atoms with van der Waals surface area (Å²) in [4.78, 5) is 15.4. The molecular formula is C14H17N5. The maximum Gasteiger partial charge on any atom is 0.166 e. The Kier molecular flexibility index (Phi) is 2.19. The monoisotopic (exact) mass is 255 g/mol. The largest absolute Gasteiger partial charge is 0.384 e. The van der Waals surface area contributed by atoms with Crippen molar-refractivity contribution in [2.24, 2.45) is 5.41 Å². The third kappa shape index (κ3) is 1.80. The van der Waals surface area contributed by atoms with E-state index in [1.807, 2.05) is 12.1 Å². The highest BCUT2D eigenvalue weighted by Crippen LogP contribution is 2.52. The Bertz CT molecular complexity index is 635. The molecule has 2 aromatic heterocycles. The maximum absolute atomic E-state index is 5.72. The minimum Gasteiger partial charge on any atom is -0.384 e. The minimum absolute atomic E-state index is 0.509. The fourth-order valence-electron chi connectivity index (χ4n) is 3.17. The van der Waals surface area contributed by atoms with Gasteiger partial charge < -0.3 is 10.6 Å². The Morgan fingerprint density at radius 1 is 1.16 bits per heavy atom. The number of fused-ring (bicyclic) bond motifs is 1. The molecule has 4 rings (SSSR count). The lowest BCUT2D eigenvalue weighted by molar-refractivity contribution is 0.394. The number of nitrogen functional groups attached to an aromatic ring is 1. The Labute approximate surface area is 111 Å². The standard InChI is InChI=1S/C14H17N5/c15-11-3-2-10-12(18-11)16-9-17-13(10)19-7-1-4-14(8-19)5-6-14/h2-3,9H,1,4-8H2,(H2,15,16,17,18). The van der Waals surface area contributed by atoms with Crippen molar-refractivity contribution in [3.05, 3.63) is 18.5 Å². The molecule has 1 aliphatic heterocycles. The smallest absolute Gasteiger partial charge is 0.166 e. The molecule has 2 aliphatic rings. The summed E-state index contributed by atoms with van der Waals surface area (Å²) in [6.45, 7) is 2.21. The van der Waals surface area contributed by atoms with E-state index in [0.29, 0.717) is 16.9 Å². The predicted octanol–water partition coefficient (Wildman–Crippen LogP) is 1.99. The van der Waals surface area contributed by atoms with Crippen LogP contribution >= 0.6 is 0 Å². The SMILES string of the molecule is Nc1ccc2c(N3CCCC4(CC4)C3)ncnc2n1. The molecule has 5 nitrogen and oxygen atoms in total. The Balaban J connectivity index is 1.77. The van der Waals surface area contributed by atoms with Gasteiger partial charge in [0.25, 0.3) is 0 Å². The third-order valence-electron chi connectivity index (χ3n) is 4.42. The molecule has 2 aromatic rings. The van der Waals surface area contributed by atoms with E-state index in [1.165, 1.54) is 25.7 Å². The topological polar surface area (TPSA) is 67.9 Å². The highest BCUT2D eigenvalue weighted by atomic mass is 15.2. The first-order chi connectivity index (χ1) is 9.26. The maximum atomic E-state index is 5.72. The van der Waals surface area contributed by atoms with Crippen molar-refractivity contribution < 1.29 is 0 Å². The van der Waals surface area contributed by atoms with Crippen LogP contribution in [0, 0.1) is 5.41 Å². The zero-order valence-electron chi connectivity index (χ0n) is 10.8. The van der Waals surface area contributed by atoms with Gasteiger partial charge in [-0.25, -0.2) is 15.0 Å². The Morgan fingerprint density at radius 2 is 2.05 bits per heavy atom. The average molecular weight is 255 g/mol. The van der Waals surface area contributed by atoms with Gasteiger partial charge in [-0.05, 0) is 43.2 Å². The second-order valence-corrected chi connectivity index (χ2v) is 5.83. The molecule has 19 heavy (non-hydrogen) atoms. The van der Waals surface area contributed by atoms with E-state index in [9.17, 15) is 0 Å². The van der Waals surface area contributed by atoms with Gasteiger partial charge in [0, 0.05) is 13.1 Å². The molecule has 5 heteroatoms. The first kappa shape index (κ1) is 11.0. The first-order valence-electron chi connectivity index (χ1n) is 6.88. The summed E-state index contributed by atoms with van der Waals surface area (Å²) >= 11 is 0. The van der Waals surface area contributed by atoms with E-state index in [4.69, 9.17) is 5.73 Å². The van der Waals surface area contributed by atoms with Crippen LogP contribution in [0.2, 0.25) is 0 Å². The molecule has 1 saturated carbocycles. The van der Waals surface area contributed by atoms with Crippen molar-refractivity contribution in [2.45, 2.75) is 25.7 Å². The summed E-state index contributed by atoms with van der Waals surface area (Å²) < 4.78 is 0. The molecule has 1 aliphatic carbocycles. The van der Waals surface area contributed by atoms with Crippen molar-refractivity contribution in [1.82, 2.24) is 15.0 Å². The Morgan fingerprint density at radius 3 is 2.89 bits per heavy atom. The number of hydrogen-bond donors (Lipinski definition) is 1. The summed E-state index contributed by atoms with van der Waals surface area (Å²) in [5.41, 5.74) is 7.00. The zero-order chi connectivity index (χ0) is 12.9. The number of piperidine rings is 1. The lowest BCUT2D eigenvalue weighted by Gasteiger charge is -2.34. The van der Waals surface area contributed by atoms with Crippen LogP contribution in [0.3, 0.4) is 0 Å². The molecular weight excluding hydrogens is 238 g/mol. The number of rotatable bonds is 1. The van der Waals surface area contributed by atoms with Gasteiger partial charge in [-0.3, -0.25) is 0 Å². The van der Waals surface area contributed by atoms with E-state index in [1.54, 1.807) is 6.33 Å². The lowest BCUT2D eigenvalue weighted by Crippen LogP contribution is -2.37. The number of anilines is 2. The predicted molar refractivity (Wildman–Crippen MR) is 74.9 cm³/mol. The van der Waals surface area contributed by atoms with Crippen LogP contribution in [0.1, 0.15) is 25.7 Å². The van der Waals surface area contributed by atoms with Crippen LogP contribution in [0.25, 0.3) is 11.0 Å². The highest BCUT2D eigenvalue weighted by Gasteiger charge is 2.45. The molecule has 0 aromatic carbocycles. The first-order valence-corrected chi connectivity index (χ1v) is 6.88. The van der Waals surface area contributed by atoms with E-state index in [-0.39, 0.29) is 0 Å². The number of pyridine rings is 1. The van der Waals surface area contributed by atoms with E-state index >= 15 is 0 Å². The van der Waals surface area contributed by atoms with Gasteiger partial charge in [0.15, 0.2) is 5.65 Å². The molecule has 0 atom stereocenters. The van der Waals surface area contributed by atoms with Crippen LogP contribution in [-0.2, 0) is 0 Å². The molecule has 1 saturated heterocycles. The zero-order valence-corrected chi connectivity index (χ0v) is 10.8. The molecule has 1 spiro atoms. The fraction of sp³-hybridized carbons (Fsp3) is 0.500. The molecule has 0 amide bonds. The molecule has 0 radical (unpaired) electrons. The van der Waals surface area contributed by atoms with E-state index in [0.717, 1.165) is 24.3 Å². The van der Waals surface area contributed by atoms with E-state index in [2.05, 4.69) is 19.9 Å². The van der Waals surface area contributed by atoms with Gasteiger partial charge in [-0.2, -0.15) is 0 Å². The average Bonchev–Trinajstić information content (AvgIpc) is 3.16. The summed E-state index contributed by atoms with van der Waals surface area (Å²) in [6, 6.07) is 3.81. The Hall–Kier alpha value is -1.91. The summed E-state index contributed by atoms with van der Waals surface area (Å²) in [5.74, 6) is 1.53. The quantitative estimate of drug-likeness (QED) is 0.844. The summed E-state index contributed by atoms with van der Waals surface area (Å²) in [7, 11) is 0. The van der Waals surface area contributed by atoms with Gasteiger partial charge in [-0.15, -0.1) is 0 Å². The number of nitrogens with two attached hydrogens (primary N) is 1. The second kappa shape index (κ2) is 3.79. The van der Waals surface area contributed by atoms with Gasteiger partial charge in [0.2, 0.25) is 0 Å². The minimum atomic E-state index is 0.509. The van der Waals surface area contributed by atoms with Crippen LogP contribution in [-0.4, -0.2) is 28.0 Å². The molecule has 2 N–H and O–H groups in total. The molecule has 0 bridgehead atoms. The van der Waals surface area contributed by atoms with Crippen LogP contribution in [0.4, 0.5) is 11.6 Å². The number of aromatic nitrogens is 3. The normalized spacial score (nSPS) is 20.9. The van der Waals surface area contributed by atoms with E-state index < -0.39 is 0 Å². The molecule has 3 heterocycles. The van der Waals surface area contributed by atoms with Crippen LogP contribution in [0.5, 0.6) is 0 Å². The molecule has 98 valence electrons. The van der Waals surface area contributed by atoms with Crippen molar-refractivity contribution in [1.29, 1.82) is 0 Å². The number of hydrogen-bond acceptors (Lipinski definition) is 5. The van der Waals surface area contributed by atoms with Crippen molar-refractivity contribution in [3.63, 3.8) is 0 Å². The van der Waals surface area contributed by atoms with Crippen molar-refractivity contribution >= 4 is 22.7 Å².